The number of nitrogens with one attached hydrogen (secondary N) is 2. The van der Waals surface area contributed by atoms with Gasteiger partial charge in [0.1, 0.15) is 4.21 Å². The van der Waals surface area contributed by atoms with Gasteiger partial charge in [0.2, 0.25) is 5.91 Å². The summed E-state index contributed by atoms with van der Waals surface area (Å²) in [5, 5.41) is 4.45. The van der Waals surface area contributed by atoms with Crippen LogP contribution in [-0.2, 0) is 14.8 Å². The summed E-state index contributed by atoms with van der Waals surface area (Å²) < 4.78 is 26.5. The van der Waals surface area contributed by atoms with Crippen molar-refractivity contribution in [2.45, 2.75) is 10.3 Å². The first-order valence-corrected chi connectivity index (χ1v) is 9.77. The number of likely N-dealkylation sites (N-methyl/N-ethyl adjacent to an activating group) is 1. The van der Waals surface area contributed by atoms with Gasteiger partial charge in [0.15, 0.2) is 0 Å². The summed E-state index contributed by atoms with van der Waals surface area (Å²) in [5.41, 5.74) is 1.09. The number of rotatable bonds is 8. The van der Waals surface area contributed by atoms with Gasteiger partial charge in [0.05, 0.1) is 12.6 Å². The highest BCUT2D eigenvalue weighted by Gasteiger charge is 2.18. The molecule has 0 aliphatic rings. The molecule has 0 bridgehead atoms. The minimum Gasteiger partial charge on any atom is -0.353 e. The molecule has 2 aromatic rings. The van der Waals surface area contributed by atoms with Gasteiger partial charge in [0.25, 0.3) is 10.0 Å². The van der Waals surface area contributed by atoms with Gasteiger partial charge >= 0.3 is 0 Å². The lowest BCUT2D eigenvalue weighted by Gasteiger charge is -2.25. The molecule has 6 nitrogen and oxygen atoms in total. The summed E-state index contributed by atoms with van der Waals surface area (Å²) >= 11 is 1.11. The van der Waals surface area contributed by atoms with Gasteiger partial charge in [-0.25, -0.2) is 13.1 Å². The second-order valence-electron chi connectivity index (χ2n) is 5.45. The van der Waals surface area contributed by atoms with E-state index in [1.54, 1.807) is 11.4 Å². The van der Waals surface area contributed by atoms with E-state index in [4.69, 9.17) is 0 Å². The largest absolute Gasteiger partial charge is 0.353 e. The molecular weight excluding hydrogens is 346 g/mol. The lowest BCUT2D eigenvalue weighted by molar-refractivity contribution is -0.120. The average Bonchev–Trinajstić information content (AvgIpc) is 3.09. The molecular formula is C16H21N3O3S2. The fraction of sp³-hybridized carbons (Fsp3) is 0.312. The second kappa shape index (κ2) is 8.39. The van der Waals surface area contributed by atoms with E-state index in [9.17, 15) is 13.2 Å². The Bertz CT molecular complexity index is 744. The van der Waals surface area contributed by atoms with E-state index in [0.717, 1.165) is 16.9 Å². The van der Waals surface area contributed by atoms with E-state index in [1.807, 2.05) is 49.3 Å². The molecule has 0 fully saturated rings. The smallest absolute Gasteiger partial charge is 0.250 e. The lowest BCUT2D eigenvalue weighted by Crippen LogP contribution is -2.40. The molecule has 1 amide bonds. The molecule has 0 radical (unpaired) electrons. The summed E-state index contributed by atoms with van der Waals surface area (Å²) in [4.78, 5) is 14.0. The molecule has 2 N–H and O–H groups in total. The summed E-state index contributed by atoms with van der Waals surface area (Å²) in [6.07, 6.45) is 0. The molecule has 24 heavy (non-hydrogen) atoms. The van der Waals surface area contributed by atoms with Crippen molar-refractivity contribution in [3.8, 4) is 0 Å². The maximum absolute atomic E-state index is 12.0. The first kappa shape index (κ1) is 18.6. The van der Waals surface area contributed by atoms with Crippen LogP contribution in [-0.4, -0.2) is 46.4 Å². The molecule has 0 aliphatic carbocycles. The highest BCUT2D eigenvalue weighted by molar-refractivity contribution is 7.91. The van der Waals surface area contributed by atoms with E-state index < -0.39 is 10.0 Å². The number of thiophene rings is 1. The average molecular weight is 367 g/mol. The molecule has 1 aromatic carbocycles. The summed E-state index contributed by atoms with van der Waals surface area (Å²) in [7, 11) is 0.246. The zero-order chi connectivity index (χ0) is 17.6. The quantitative estimate of drug-likeness (QED) is 0.740. The third-order valence-electron chi connectivity index (χ3n) is 3.48. The Balaban J connectivity index is 1.88. The third kappa shape index (κ3) is 5.13. The predicted octanol–water partition coefficient (Wildman–Crippen LogP) is 1.45. The molecule has 2 rings (SSSR count). The summed E-state index contributed by atoms with van der Waals surface area (Å²) in [6, 6.07) is 13.0. The van der Waals surface area contributed by atoms with Crippen molar-refractivity contribution in [2.24, 2.45) is 0 Å². The van der Waals surface area contributed by atoms with Crippen molar-refractivity contribution >= 4 is 27.3 Å². The minimum atomic E-state index is -3.62. The number of hydrogen-bond acceptors (Lipinski definition) is 5. The van der Waals surface area contributed by atoms with Crippen LogP contribution in [0.4, 0.5) is 0 Å². The normalized spacial score (nSPS) is 13.0. The number of hydrogen-bond donors (Lipinski definition) is 2. The molecule has 0 aliphatic heterocycles. The van der Waals surface area contributed by atoms with Crippen molar-refractivity contribution < 1.29 is 13.2 Å². The molecule has 1 unspecified atom stereocenters. The van der Waals surface area contributed by atoms with Gasteiger partial charge in [-0.1, -0.05) is 36.4 Å². The maximum Gasteiger partial charge on any atom is 0.250 e. The Morgan fingerprint density at radius 1 is 1.17 bits per heavy atom. The SMILES string of the molecule is CN(C)C(CNC(=O)CNS(=O)(=O)c1cccs1)c1ccccc1. The fourth-order valence-corrected chi connectivity index (χ4v) is 4.21. The molecule has 1 aromatic heterocycles. The summed E-state index contributed by atoms with van der Waals surface area (Å²) in [6.45, 7) is 0.117. The first-order valence-electron chi connectivity index (χ1n) is 7.41. The standard InChI is InChI=1S/C16H21N3O3S2/c1-19(2)14(13-7-4-3-5-8-13)11-17-15(20)12-18-24(21,22)16-9-6-10-23-16/h3-10,14,18H,11-12H2,1-2H3,(H,17,20). The van der Waals surface area contributed by atoms with Crippen LogP contribution in [0, 0.1) is 0 Å². The first-order chi connectivity index (χ1) is 11.4. The van der Waals surface area contributed by atoms with Gasteiger partial charge in [-0.3, -0.25) is 4.79 Å². The fourth-order valence-electron chi connectivity index (χ4n) is 2.19. The van der Waals surface area contributed by atoms with Crippen molar-refractivity contribution in [3.05, 3.63) is 53.4 Å². The Morgan fingerprint density at radius 3 is 2.46 bits per heavy atom. The summed E-state index contributed by atoms with van der Waals surface area (Å²) in [5.74, 6) is -0.363. The van der Waals surface area contributed by atoms with Crippen LogP contribution in [0.2, 0.25) is 0 Å². The van der Waals surface area contributed by atoms with Crippen LogP contribution in [0.15, 0.2) is 52.1 Å². The molecule has 0 spiro atoms. The maximum atomic E-state index is 12.0. The second-order valence-corrected chi connectivity index (χ2v) is 8.39. The number of amides is 1. The van der Waals surface area contributed by atoms with E-state index in [1.165, 1.54) is 6.07 Å². The highest BCUT2D eigenvalue weighted by atomic mass is 32.2. The van der Waals surface area contributed by atoms with Gasteiger partial charge in [-0.05, 0) is 31.1 Å². The van der Waals surface area contributed by atoms with Crippen LogP contribution >= 0.6 is 11.3 Å². The Kier molecular flexibility index (Phi) is 6.50. The monoisotopic (exact) mass is 367 g/mol. The lowest BCUT2D eigenvalue weighted by atomic mass is 10.1. The Morgan fingerprint density at radius 2 is 1.88 bits per heavy atom. The number of sulfonamides is 1. The third-order valence-corrected chi connectivity index (χ3v) is 6.28. The zero-order valence-corrected chi connectivity index (χ0v) is 15.2. The molecule has 0 saturated carbocycles. The van der Waals surface area contributed by atoms with Crippen LogP contribution in [0.5, 0.6) is 0 Å². The van der Waals surface area contributed by atoms with Crippen LogP contribution in [0.25, 0.3) is 0 Å². The Labute approximate surface area is 146 Å². The minimum absolute atomic E-state index is 0.0176. The molecule has 0 saturated heterocycles. The van der Waals surface area contributed by atoms with Crippen molar-refractivity contribution in [3.63, 3.8) is 0 Å². The Hall–Kier alpha value is -1.74. The van der Waals surface area contributed by atoms with Gasteiger partial charge in [-0.2, -0.15) is 0 Å². The van der Waals surface area contributed by atoms with Gasteiger partial charge < -0.3 is 10.2 Å². The molecule has 130 valence electrons. The van der Waals surface area contributed by atoms with Crippen LogP contribution in [0.3, 0.4) is 0 Å². The number of carbonyl (C=O) groups excluding carboxylic acids is 1. The van der Waals surface area contributed by atoms with Crippen molar-refractivity contribution in [1.29, 1.82) is 0 Å². The van der Waals surface area contributed by atoms with E-state index >= 15 is 0 Å². The van der Waals surface area contributed by atoms with Crippen LogP contribution in [0.1, 0.15) is 11.6 Å². The van der Waals surface area contributed by atoms with Crippen molar-refractivity contribution in [2.75, 3.05) is 27.2 Å². The topological polar surface area (TPSA) is 78.5 Å². The molecule has 8 heteroatoms. The molecule has 1 heterocycles. The van der Waals surface area contributed by atoms with E-state index in [2.05, 4.69) is 10.0 Å². The van der Waals surface area contributed by atoms with Gasteiger partial charge in [0, 0.05) is 6.54 Å². The number of nitrogens with zero attached hydrogens (tertiary/aromatic N) is 1. The zero-order valence-electron chi connectivity index (χ0n) is 13.6. The van der Waals surface area contributed by atoms with Gasteiger partial charge in [-0.15, -0.1) is 11.3 Å². The number of benzene rings is 1. The number of carbonyl (C=O) groups is 1. The van der Waals surface area contributed by atoms with Crippen molar-refractivity contribution in [1.82, 2.24) is 14.9 Å². The molecule has 1 atom stereocenters. The highest BCUT2D eigenvalue weighted by Crippen LogP contribution is 2.17. The van der Waals surface area contributed by atoms with E-state index in [-0.39, 0.29) is 22.7 Å². The van der Waals surface area contributed by atoms with E-state index in [0.29, 0.717) is 6.54 Å². The van der Waals surface area contributed by atoms with Crippen LogP contribution < -0.4 is 10.0 Å². The predicted molar refractivity (Wildman–Crippen MR) is 95.4 cm³/mol.